The molecule has 2 rings (SSSR count). The van der Waals surface area contributed by atoms with Crippen LogP contribution in [0.15, 0.2) is 30.3 Å². The van der Waals surface area contributed by atoms with E-state index >= 15 is 0 Å². The molecule has 1 heterocycles. The van der Waals surface area contributed by atoms with Gasteiger partial charge in [0.15, 0.2) is 5.82 Å². The number of nitrogens with one attached hydrogen (secondary N) is 1. The molecule has 2 aromatic rings. The first-order chi connectivity index (χ1) is 8.99. The van der Waals surface area contributed by atoms with Crippen molar-refractivity contribution in [1.29, 1.82) is 0 Å². The number of halogens is 3. The molecule has 0 aliphatic rings. The molecule has 19 heavy (non-hydrogen) atoms. The first kappa shape index (κ1) is 13.5. The van der Waals surface area contributed by atoms with Gasteiger partial charge in [-0.3, -0.25) is 10.1 Å². The summed E-state index contributed by atoms with van der Waals surface area (Å²) in [6.07, 6.45) is 0. The molecule has 0 saturated carbocycles. The second kappa shape index (κ2) is 5.38. The summed E-state index contributed by atoms with van der Waals surface area (Å²) in [6.45, 7) is 0. The molecule has 0 atom stereocenters. The van der Waals surface area contributed by atoms with E-state index in [0.717, 1.165) is 0 Å². The van der Waals surface area contributed by atoms with Crippen LogP contribution < -0.4 is 5.32 Å². The van der Waals surface area contributed by atoms with Gasteiger partial charge < -0.3 is 5.32 Å². The minimum Gasteiger partial charge on any atom is -0.332 e. The maximum atomic E-state index is 13.7. The molecule has 0 unspecified atom stereocenters. The first-order valence-corrected chi connectivity index (χ1v) is 5.76. The van der Waals surface area contributed by atoms with Crippen molar-refractivity contribution in [3.63, 3.8) is 0 Å². The van der Waals surface area contributed by atoms with Gasteiger partial charge in [0.1, 0.15) is 5.15 Å². The van der Waals surface area contributed by atoms with Gasteiger partial charge in [-0.25, -0.2) is 9.37 Å². The molecular formula is C11H6Cl2FN3O2. The Morgan fingerprint density at radius 2 is 2.00 bits per heavy atom. The third-order valence-corrected chi connectivity index (χ3v) is 2.74. The summed E-state index contributed by atoms with van der Waals surface area (Å²) in [5.74, 6) is -0.876. The van der Waals surface area contributed by atoms with Crippen LogP contribution in [-0.2, 0) is 0 Å². The molecule has 0 saturated heterocycles. The maximum Gasteiger partial charge on any atom is 0.311 e. The summed E-state index contributed by atoms with van der Waals surface area (Å²) in [5, 5.41) is 13.3. The molecule has 0 aliphatic heterocycles. The van der Waals surface area contributed by atoms with Gasteiger partial charge in [0.25, 0.3) is 0 Å². The van der Waals surface area contributed by atoms with Crippen LogP contribution in [0.5, 0.6) is 0 Å². The van der Waals surface area contributed by atoms with E-state index in [-0.39, 0.29) is 27.4 Å². The number of hydrogen-bond donors (Lipinski definition) is 1. The van der Waals surface area contributed by atoms with E-state index in [9.17, 15) is 14.5 Å². The SMILES string of the molecule is O=[N+]([O-])c1ccc(Cl)nc1Nc1cccc(Cl)c1F. The second-order valence-corrected chi connectivity index (χ2v) is 4.28. The first-order valence-electron chi connectivity index (χ1n) is 5.01. The highest BCUT2D eigenvalue weighted by Crippen LogP contribution is 2.30. The predicted octanol–water partition coefficient (Wildman–Crippen LogP) is 4.18. The monoisotopic (exact) mass is 301 g/mol. The molecule has 0 spiro atoms. The lowest BCUT2D eigenvalue weighted by molar-refractivity contribution is -0.384. The largest absolute Gasteiger partial charge is 0.332 e. The maximum absolute atomic E-state index is 13.7. The summed E-state index contributed by atoms with van der Waals surface area (Å²) in [4.78, 5) is 14.0. The van der Waals surface area contributed by atoms with Gasteiger partial charge in [-0.15, -0.1) is 0 Å². The zero-order valence-electron chi connectivity index (χ0n) is 9.23. The Balaban J connectivity index is 2.45. The van der Waals surface area contributed by atoms with E-state index in [1.807, 2.05) is 0 Å². The summed E-state index contributed by atoms with van der Waals surface area (Å²) < 4.78 is 13.7. The number of hydrogen-bond acceptors (Lipinski definition) is 4. The topological polar surface area (TPSA) is 68.1 Å². The van der Waals surface area contributed by atoms with Gasteiger partial charge >= 0.3 is 5.69 Å². The van der Waals surface area contributed by atoms with Gasteiger partial charge in [0, 0.05) is 6.07 Å². The quantitative estimate of drug-likeness (QED) is 0.524. The zero-order chi connectivity index (χ0) is 14.0. The van der Waals surface area contributed by atoms with Crippen LogP contribution in [-0.4, -0.2) is 9.91 Å². The molecule has 0 bridgehead atoms. The number of rotatable bonds is 3. The van der Waals surface area contributed by atoms with Crippen LogP contribution in [0.1, 0.15) is 0 Å². The smallest absolute Gasteiger partial charge is 0.311 e. The lowest BCUT2D eigenvalue weighted by Gasteiger charge is -2.08. The fraction of sp³-hybridized carbons (Fsp3) is 0. The number of benzene rings is 1. The minimum atomic E-state index is -0.722. The van der Waals surface area contributed by atoms with Crippen LogP contribution in [0.4, 0.5) is 21.6 Å². The molecule has 98 valence electrons. The van der Waals surface area contributed by atoms with E-state index < -0.39 is 10.7 Å². The number of aromatic nitrogens is 1. The van der Waals surface area contributed by atoms with Crippen LogP contribution in [0, 0.1) is 15.9 Å². The Hall–Kier alpha value is -1.92. The summed E-state index contributed by atoms with van der Waals surface area (Å²) >= 11 is 11.3. The van der Waals surface area contributed by atoms with E-state index in [0.29, 0.717) is 0 Å². The second-order valence-electron chi connectivity index (χ2n) is 3.49. The Morgan fingerprint density at radius 1 is 1.26 bits per heavy atom. The standard InChI is InChI=1S/C11H6Cl2FN3O2/c12-6-2-1-3-7(10(6)14)15-11-8(17(18)19)4-5-9(13)16-11/h1-5H,(H,15,16). The summed E-state index contributed by atoms with van der Waals surface area (Å²) in [6, 6.07) is 6.71. The normalized spacial score (nSPS) is 10.3. The lowest BCUT2D eigenvalue weighted by Crippen LogP contribution is -2.01. The molecule has 1 aromatic carbocycles. The van der Waals surface area contributed by atoms with Crippen LogP contribution in [0.25, 0.3) is 0 Å². The molecule has 0 radical (unpaired) electrons. The van der Waals surface area contributed by atoms with Crippen LogP contribution in [0.2, 0.25) is 10.2 Å². The number of anilines is 2. The predicted molar refractivity (Wildman–Crippen MR) is 70.6 cm³/mol. The summed E-state index contributed by atoms with van der Waals surface area (Å²) in [5.41, 5.74) is -0.339. The van der Waals surface area contributed by atoms with Crippen molar-refractivity contribution < 1.29 is 9.31 Å². The van der Waals surface area contributed by atoms with Gasteiger partial charge in [-0.1, -0.05) is 29.3 Å². The van der Waals surface area contributed by atoms with Gasteiger partial charge in [-0.05, 0) is 18.2 Å². The van der Waals surface area contributed by atoms with Crippen molar-refractivity contribution in [3.8, 4) is 0 Å². The average Bonchev–Trinajstić information content (AvgIpc) is 2.35. The Labute approximate surface area is 117 Å². The van der Waals surface area contributed by atoms with Crippen molar-refractivity contribution in [1.82, 2.24) is 4.98 Å². The number of nitrogens with zero attached hydrogens (tertiary/aromatic N) is 2. The van der Waals surface area contributed by atoms with Crippen molar-refractivity contribution in [2.24, 2.45) is 0 Å². The third-order valence-electron chi connectivity index (χ3n) is 2.24. The van der Waals surface area contributed by atoms with Crippen molar-refractivity contribution >= 4 is 40.4 Å². The van der Waals surface area contributed by atoms with Gasteiger partial charge in [0.05, 0.1) is 15.6 Å². The minimum absolute atomic E-state index is 0.0228. The van der Waals surface area contributed by atoms with Crippen molar-refractivity contribution in [3.05, 3.63) is 56.4 Å². The molecule has 1 N–H and O–H groups in total. The third kappa shape index (κ3) is 2.91. The van der Waals surface area contributed by atoms with Gasteiger partial charge in [-0.2, -0.15) is 0 Å². The number of nitro groups is 1. The highest BCUT2D eigenvalue weighted by Gasteiger charge is 2.17. The van der Waals surface area contributed by atoms with E-state index in [4.69, 9.17) is 23.2 Å². The van der Waals surface area contributed by atoms with Crippen molar-refractivity contribution in [2.45, 2.75) is 0 Å². The molecular weight excluding hydrogens is 296 g/mol. The summed E-state index contributed by atoms with van der Waals surface area (Å²) in [7, 11) is 0. The van der Waals surface area contributed by atoms with E-state index in [2.05, 4.69) is 10.3 Å². The van der Waals surface area contributed by atoms with Crippen LogP contribution >= 0.6 is 23.2 Å². The Kier molecular flexibility index (Phi) is 3.82. The van der Waals surface area contributed by atoms with Gasteiger partial charge in [0.2, 0.25) is 5.82 Å². The number of pyridine rings is 1. The Bertz CT molecular complexity index is 652. The molecule has 0 fully saturated rings. The van der Waals surface area contributed by atoms with E-state index in [1.54, 1.807) is 0 Å². The fourth-order valence-corrected chi connectivity index (χ4v) is 1.72. The Morgan fingerprint density at radius 3 is 2.68 bits per heavy atom. The lowest BCUT2D eigenvalue weighted by atomic mass is 10.3. The molecule has 0 amide bonds. The van der Waals surface area contributed by atoms with E-state index in [1.165, 1.54) is 30.3 Å². The molecule has 8 heteroatoms. The highest BCUT2D eigenvalue weighted by molar-refractivity contribution is 6.31. The highest BCUT2D eigenvalue weighted by atomic mass is 35.5. The average molecular weight is 302 g/mol. The molecule has 1 aromatic heterocycles. The molecule has 0 aliphatic carbocycles. The van der Waals surface area contributed by atoms with Crippen LogP contribution in [0.3, 0.4) is 0 Å². The zero-order valence-corrected chi connectivity index (χ0v) is 10.7. The van der Waals surface area contributed by atoms with Crippen molar-refractivity contribution in [2.75, 3.05) is 5.32 Å². The fourth-order valence-electron chi connectivity index (χ4n) is 1.40. The molecule has 5 nitrogen and oxygen atoms in total.